The van der Waals surface area contributed by atoms with Crippen LogP contribution in [0.3, 0.4) is 0 Å². The van der Waals surface area contributed by atoms with E-state index in [1.54, 1.807) is 41.7 Å². The van der Waals surface area contributed by atoms with Gasteiger partial charge in [-0.1, -0.05) is 36.5 Å². The minimum Gasteiger partial charge on any atom is -0.377 e. The highest BCUT2D eigenvalue weighted by molar-refractivity contribution is 7.97. The number of hydrogen-bond acceptors (Lipinski definition) is 8. The Morgan fingerprint density at radius 2 is 1.90 bits per heavy atom. The molecule has 0 radical (unpaired) electrons. The summed E-state index contributed by atoms with van der Waals surface area (Å²) in [5, 5.41) is 8.20. The molecule has 4 heterocycles. The highest BCUT2D eigenvalue weighted by Crippen LogP contribution is 2.37. The second-order valence-corrected chi connectivity index (χ2v) is 12.1. The number of piperidine rings is 1. The van der Waals surface area contributed by atoms with Gasteiger partial charge < -0.3 is 10.2 Å². The number of fused-ring (bicyclic) bond motifs is 1. The Morgan fingerprint density at radius 1 is 1.19 bits per heavy atom. The van der Waals surface area contributed by atoms with Gasteiger partial charge in [0.05, 0.1) is 34.5 Å². The maximum absolute atomic E-state index is 14.6. The molecule has 1 unspecified atom stereocenters. The number of nitrogens with one attached hydrogen (secondary N) is 2. The van der Waals surface area contributed by atoms with Crippen molar-refractivity contribution < 1.29 is 9.18 Å². The summed E-state index contributed by atoms with van der Waals surface area (Å²) >= 11 is 7.27. The second kappa shape index (κ2) is 11.6. The molecule has 10 nitrogen and oxygen atoms in total. The van der Waals surface area contributed by atoms with Gasteiger partial charge in [0.1, 0.15) is 5.15 Å². The van der Waals surface area contributed by atoms with E-state index < -0.39 is 0 Å². The summed E-state index contributed by atoms with van der Waals surface area (Å²) in [6.45, 7) is 7.16. The number of anilines is 2. The largest absolute Gasteiger partial charge is 0.377 e. The number of aryl methyl sites for hydroxylation is 2. The average molecular weight is 613 g/mol. The molecule has 13 heteroatoms. The SMILES string of the molecule is CSNC(=O)c1nc(Cl)ccc1NC(C)c1cc(C)cc2c(=O)n(C)c(N3CCC(C)(c4c(F)cnn4C)CC3)nc12. The summed E-state index contributed by atoms with van der Waals surface area (Å²) in [4.78, 5) is 37.7. The van der Waals surface area contributed by atoms with E-state index in [0.29, 0.717) is 54.2 Å². The fourth-order valence-electron chi connectivity index (χ4n) is 5.86. The van der Waals surface area contributed by atoms with Gasteiger partial charge in [-0.15, -0.1) is 0 Å². The average Bonchev–Trinajstić information content (AvgIpc) is 3.30. The maximum Gasteiger partial charge on any atom is 0.281 e. The first kappa shape index (κ1) is 29.8. The van der Waals surface area contributed by atoms with E-state index >= 15 is 0 Å². The van der Waals surface area contributed by atoms with Crippen LogP contribution in [-0.2, 0) is 19.5 Å². The molecule has 1 fully saturated rings. The van der Waals surface area contributed by atoms with Gasteiger partial charge in [0.15, 0.2) is 11.5 Å². The summed E-state index contributed by atoms with van der Waals surface area (Å²) in [5.41, 5.74) is 3.07. The number of amides is 1. The van der Waals surface area contributed by atoms with Gasteiger partial charge in [0.2, 0.25) is 5.95 Å². The lowest BCUT2D eigenvalue weighted by molar-refractivity contribution is 0.0980. The van der Waals surface area contributed by atoms with Gasteiger partial charge in [0.25, 0.3) is 11.5 Å². The molecule has 1 aromatic carbocycles. The summed E-state index contributed by atoms with van der Waals surface area (Å²) in [6.07, 6.45) is 4.38. The lowest BCUT2D eigenvalue weighted by Gasteiger charge is -2.40. The lowest BCUT2D eigenvalue weighted by Crippen LogP contribution is -2.44. The molecule has 0 aliphatic carbocycles. The topological polar surface area (TPSA) is 110 Å². The number of rotatable bonds is 7. The fourth-order valence-corrected chi connectivity index (χ4v) is 6.29. The standard InChI is InChI=1S/C29H34ClFN8O2S/c1-16-13-18(17(2)33-21-7-8-22(30)34-24(21)26(40)36-42-6)23-19(14-16)27(41)37(4)28(35-23)39-11-9-29(3,10-12-39)25-20(31)15-32-38(25)5/h7-8,13-15,17,33H,9-12H2,1-6H3,(H,36,40). The van der Waals surface area contributed by atoms with E-state index in [9.17, 15) is 14.0 Å². The smallest absolute Gasteiger partial charge is 0.281 e. The first-order valence-electron chi connectivity index (χ1n) is 13.6. The van der Waals surface area contributed by atoms with E-state index in [-0.39, 0.29) is 39.6 Å². The molecule has 0 spiro atoms. The Balaban J connectivity index is 1.51. The third kappa shape index (κ3) is 5.45. The molecule has 5 rings (SSSR count). The van der Waals surface area contributed by atoms with E-state index in [1.807, 2.05) is 26.0 Å². The van der Waals surface area contributed by atoms with E-state index in [1.165, 1.54) is 18.1 Å². The predicted molar refractivity (Wildman–Crippen MR) is 166 cm³/mol. The number of aromatic nitrogens is 5. The summed E-state index contributed by atoms with van der Waals surface area (Å²) in [6, 6.07) is 6.85. The van der Waals surface area contributed by atoms with Gasteiger partial charge in [-0.3, -0.25) is 23.6 Å². The monoisotopic (exact) mass is 612 g/mol. The van der Waals surface area contributed by atoms with Crippen LogP contribution in [0.5, 0.6) is 0 Å². The van der Waals surface area contributed by atoms with Crippen molar-refractivity contribution in [2.45, 2.75) is 45.1 Å². The Kier molecular flexibility index (Phi) is 8.21. The van der Waals surface area contributed by atoms with Crippen LogP contribution in [0.4, 0.5) is 16.0 Å². The fraction of sp³-hybridized carbons (Fsp3) is 0.414. The molecule has 42 heavy (non-hydrogen) atoms. The van der Waals surface area contributed by atoms with Crippen LogP contribution in [-0.4, -0.2) is 49.6 Å². The summed E-state index contributed by atoms with van der Waals surface area (Å²) in [7, 11) is 3.50. The normalized spacial score (nSPS) is 15.6. The van der Waals surface area contributed by atoms with Crippen LogP contribution < -0.4 is 20.5 Å². The molecule has 3 aromatic heterocycles. The van der Waals surface area contributed by atoms with Crippen molar-refractivity contribution in [2.24, 2.45) is 14.1 Å². The minimum absolute atomic E-state index is 0.147. The highest BCUT2D eigenvalue weighted by Gasteiger charge is 2.37. The third-order valence-corrected chi connectivity index (χ3v) is 8.66. The number of halogens is 2. The highest BCUT2D eigenvalue weighted by atomic mass is 35.5. The molecular weight excluding hydrogens is 579 g/mol. The zero-order valence-corrected chi connectivity index (χ0v) is 26.0. The molecule has 4 aromatic rings. The van der Waals surface area contributed by atoms with Crippen LogP contribution in [0.2, 0.25) is 5.15 Å². The van der Waals surface area contributed by atoms with Crippen molar-refractivity contribution in [3.8, 4) is 0 Å². The van der Waals surface area contributed by atoms with Gasteiger partial charge in [-0.05, 0) is 50.5 Å². The van der Waals surface area contributed by atoms with Crippen molar-refractivity contribution >= 4 is 52.0 Å². The Bertz CT molecular complexity index is 1710. The minimum atomic E-state index is -0.380. The molecule has 1 saturated heterocycles. The second-order valence-electron chi connectivity index (χ2n) is 11.1. The number of nitrogens with zero attached hydrogens (tertiary/aromatic N) is 6. The zero-order valence-electron chi connectivity index (χ0n) is 24.5. The van der Waals surface area contributed by atoms with Crippen molar-refractivity contribution in [2.75, 3.05) is 29.6 Å². The summed E-state index contributed by atoms with van der Waals surface area (Å²) < 4.78 is 20.5. The van der Waals surface area contributed by atoms with Crippen LogP contribution in [0, 0.1) is 12.7 Å². The van der Waals surface area contributed by atoms with Crippen molar-refractivity contribution in [3.63, 3.8) is 0 Å². The zero-order chi connectivity index (χ0) is 30.3. The first-order valence-corrected chi connectivity index (χ1v) is 15.2. The molecule has 222 valence electrons. The van der Waals surface area contributed by atoms with Crippen LogP contribution in [0.25, 0.3) is 10.9 Å². The van der Waals surface area contributed by atoms with Gasteiger partial charge in [-0.2, -0.15) is 5.10 Å². The molecular formula is C29H34ClFN8O2S. The molecule has 0 bridgehead atoms. The number of carbonyl (C=O) groups is 1. The Hall–Kier alpha value is -3.64. The van der Waals surface area contributed by atoms with Gasteiger partial charge >= 0.3 is 0 Å². The van der Waals surface area contributed by atoms with E-state index in [0.717, 1.165) is 11.1 Å². The first-order chi connectivity index (χ1) is 19.9. The predicted octanol–water partition coefficient (Wildman–Crippen LogP) is 4.90. The Morgan fingerprint density at radius 3 is 2.55 bits per heavy atom. The lowest BCUT2D eigenvalue weighted by atomic mass is 9.77. The number of benzene rings is 1. The van der Waals surface area contributed by atoms with E-state index in [2.05, 4.69) is 31.9 Å². The summed E-state index contributed by atoms with van der Waals surface area (Å²) in [5.74, 6) is -0.104. The van der Waals surface area contributed by atoms with Crippen LogP contribution in [0.1, 0.15) is 60.0 Å². The molecule has 1 aliphatic heterocycles. The molecule has 1 aliphatic rings. The molecule has 1 atom stereocenters. The number of carbonyl (C=O) groups excluding carboxylic acids is 1. The van der Waals surface area contributed by atoms with E-state index in [4.69, 9.17) is 16.6 Å². The van der Waals surface area contributed by atoms with Crippen molar-refractivity contribution in [1.29, 1.82) is 0 Å². The Labute approximate surface area is 252 Å². The van der Waals surface area contributed by atoms with Crippen LogP contribution >= 0.6 is 23.5 Å². The molecule has 0 saturated carbocycles. The van der Waals surface area contributed by atoms with Crippen molar-refractivity contribution in [3.05, 3.63) is 74.3 Å². The van der Waals surface area contributed by atoms with Crippen LogP contribution in [0.15, 0.2) is 35.3 Å². The number of pyridine rings is 1. The quantitative estimate of drug-likeness (QED) is 0.224. The van der Waals surface area contributed by atoms with Crippen molar-refractivity contribution in [1.82, 2.24) is 29.0 Å². The molecule has 2 N–H and O–H groups in total. The van der Waals surface area contributed by atoms with Gasteiger partial charge in [-0.25, -0.2) is 14.4 Å². The maximum atomic E-state index is 14.6. The molecule has 1 amide bonds. The number of hydrogen-bond donors (Lipinski definition) is 2. The van der Waals surface area contributed by atoms with Gasteiger partial charge in [0, 0.05) is 44.4 Å². The third-order valence-electron chi connectivity index (χ3n) is 8.06.